The van der Waals surface area contributed by atoms with E-state index in [0.29, 0.717) is 6.10 Å². The van der Waals surface area contributed by atoms with E-state index in [1.165, 1.54) is 36.9 Å². The van der Waals surface area contributed by atoms with Crippen molar-refractivity contribution in [1.82, 2.24) is 10.2 Å². The number of hydrogen-bond acceptors (Lipinski definition) is 3. The van der Waals surface area contributed by atoms with Crippen LogP contribution in [0.4, 0.5) is 0 Å². The summed E-state index contributed by atoms with van der Waals surface area (Å²) in [5, 5.41) is 8.45. The van der Waals surface area contributed by atoms with E-state index >= 15 is 0 Å². The van der Waals surface area contributed by atoms with Crippen LogP contribution >= 0.6 is 0 Å². The van der Waals surface area contributed by atoms with Crippen molar-refractivity contribution in [2.24, 2.45) is 5.92 Å². The van der Waals surface area contributed by atoms with Crippen LogP contribution in [0.1, 0.15) is 43.9 Å². The molecule has 2 aliphatic rings. The number of hydrogen-bond donors (Lipinski definition) is 0. The highest BCUT2D eigenvalue weighted by atomic mass is 16.5. The Morgan fingerprint density at radius 3 is 2.88 bits per heavy atom. The highest BCUT2D eigenvalue weighted by molar-refractivity contribution is 5.26. The van der Waals surface area contributed by atoms with Crippen molar-refractivity contribution in [2.45, 2.75) is 51.6 Å². The maximum absolute atomic E-state index is 5.83. The van der Waals surface area contributed by atoms with Crippen LogP contribution in [-0.4, -0.2) is 16.3 Å². The summed E-state index contributed by atoms with van der Waals surface area (Å²) in [5.41, 5.74) is 2.52. The quantitative estimate of drug-likeness (QED) is 0.782. The first kappa shape index (κ1) is 10.1. The number of nitrogens with zero attached hydrogens (tertiary/aromatic N) is 2. The van der Waals surface area contributed by atoms with Gasteiger partial charge in [-0.3, -0.25) is 0 Å². The molecule has 0 bridgehead atoms. The van der Waals surface area contributed by atoms with E-state index in [-0.39, 0.29) is 0 Å². The van der Waals surface area contributed by atoms with Crippen LogP contribution < -0.4 is 4.74 Å². The smallest absolute Gasteiger partial charge is 0.233 e. The van der Waals surface area contributed by atoms with Crippen molar-refractivity contribution in [2.75, 3.05) is 0 Å². The van der Waals surface area contributed by atoms with Gasteiger partial charge in [0.05, 0.1) is 5.69 Å². The molecule has 1 saturated carbocycles. The number of aromatic nitrogens is 2. The summed E-state index contributed by atoms with van der Waals surface area (Å²) in [4.78, 5) is 0. The minimum absolute atomic E-state index is 0.302. The van der Waals surface area contributed by atoms with Gasteiger partial charge in [0.1, 0.15) is 6.10 Å². The molecule has 0 saturated heterocycles. The normalized spacial score (nSPS) is 21.3. The molecule has 3 nitrogen and oxygen atoms in total. The molecule has 16 heavy (non-hydrogen) atoms. The minimum atomic E-state index is 0.302. The van der Waals surface area contributed by atoms with Crippen LogP contribution in [0.25, 0.3) is 0 Å². The summed E-state index contributed by atoms with van der Waals surface area (Å²) in [6.45, 7) is 2.14. The van der Waals surface area contributed by atoms with Crippen molar-refractivity contribution in [1.29, 1.82) is 0 Å². The zero-order valence-corrected chi connectivity index (χ0v) is 9.78. The zero-order valence-electron chi connectivity index (χ0n) is 9.78. The molecule has 0 amide bonds. The van der Waals surface area contributed by atoms with Gasteiger partial charge in [-0.05, 0) is 56.9 Å². The molecule has 2 aliphatic carbocycles. The average molecular weight is 218 g/mol. The van der Waals surface area contributed by atoms with E-state index in [2.05, 4.69) is 23.2 Å². The van der Waals surface area contributed by atoms with Gasteiger partial charge in [0.15, 0.2) is 0 Å². The van der Waals surface area contributed by atoms with Crippen LogP contribution in [0.2, 0.25) is 0 Å². The van der Waals surface area contributed by atoms with Crippen LogP contribution in [0.15, 0.2) is 6.07 Å². The Balaban J connectivity index is 1.74. The Morgan fingerprint density at radius 2 is 2.06 bits per heavy atom. The van der Waals surface area contributed by atoms with Crippen LogP contribution in [0, 0.1) is 5.92 Å². The van der Waals surface area contributed by atoms with Crippen molar-refractivity contribution < 1.29 is 4.74 Å². The highest BCUT2D eigenvalue weighted by Crippen LogP contribution is 2.34. The Kier molecular flexibility index (Phi) is 2.54. The van der Waals surface area contributed by atoms with E-state index in [9.17, 15) is 0 Å². The molecule has 0 radical (unpaired) electrons. The van der Waals surface area contributed by atoms with E-state index < -0.39 is 0 Å². The second-order valence-corrected chi connectivity index (χ2v) is 5.02. The average Bonchev–Trinajstić information content (AvgIpc) is 3.12. The lowest BCUT2D eigenvalue weighted by Gasteiger charge is -2.16. The monoisotopic (exact) mass is 218 g/mol. The third kappa shape index (κ3) is 2.04. The summed E-state index contributed by atoms with van der Waals surface area (Å²) in [5.74, 6) is 1.47. The molecule has 0 spiro atoms. The maximum Gasteiger partial charge on any atom is 0.233 e. The van der Waals surface area contributed by atoms with Gasteiger partial charge in [-0.2, -0.15) is 5.10 Å². The zero-order chi connectivity index (χ0) is 11.0. The van der Waals surface area contributed by atoms with Gasteiger partial charge < -0.3 is 4.74 Å². The lowest BCUT2D eigenvalue weighted by atomic mass is 9.97. The number of aryl methyl sites for hydroxylation is 2. The summed E-state index contributed by atoms with van der Waals surface area (Å²) < 4.78 is 5.83. The first-order valence-electron chi connectivity index (χ1n) is 6.35. The van der Waals surface area contributed by atoms with Crippen LogP contribution in [-0.2, 0) is 12.8 Å². The van der Waals surface area contributed by atoms with Gasteiger partial charge in [-0.25, -0.2) is 0 Å². The third-order valence-corrected chi connectivity index (χ3v) is 3.64. The fourth-order valence-electron chi connectivity index (χ4n) is 2.38. The van der Waals surface area contributed by atoms with Crippen molar-refractivity contribution in [3.63, 3.8) is 0 Å². The van der Waals surface area contributed by atoms with Crippen molar-refractivity contribution in [3.8, 4) is 5.88 Å². The van der Waals surface area contributed by atoms with Crippen molar-refractivity contribution >= 4 is 0 Å². The Labute approximate surface area is 96.2 Å². The topological polar surface area (TPSA) is 35.0 Å². The van der Waals surface area contributed by atoms with Gasteiger partial charge in [-0.15, -0.1) is 5.10 Å². The molecular weight excluding hydrogens is 200 g/mol. The third-order valence-electron chi connectivity index (χ3n) is 3.64. The second kappa shape index (κ2) is 4.04. The first-order chi connectivity index (χ1) is 7.83. The maximum atomic E-state index is 5.83. The lowest BCUT2D eigenvalue weighted by Crippen LogP contribution is -2.16. The molecule has 3 heteroatoms. The first-order valence-corrected chi connectivity index (χ1v) is 6.35. The van der Waals surface area contributed by atoms with Crippen LogP contribution in [0.3, 0.4) is 0 Å². The molecule has 0 unspecified atom stereocenters. The molecule has 1 heterocycles. The number of rotatable bonds is 3. The Bertz CT molecular complexity index is 388. The van der Waals surface area contributed by atoms with Gasteiger partial charge in [-0.1, -0.05) is 0 Å². The van der Waals surface area contributed by atoms with E-state index in [1.807, 2.05) is 0 Å². The summed E-state index contributed by atoms with van der Waals surface area (Å²) in [6, 6.07) is 2.10. The Hall–Kier alpha value is -1.12. The van der Waals surface area contributed by atoms with E-state index in [0.717, 1.165) is 24.6 Å². The lowest BCUT2D eigenvalue weighted by molar-refractivity contribution is 0.187. The molecule has 1 aromatic heterocycles. The second-order valence-electron chi connectivity index (χ2n) is 5.02. The molecule has 1 fully saturated rings. The van der Waals surface area contributed by atoms with Gasteiger partial charge in [0, 0.05) is 6.07 Å². The van der Waals surface area contributed by atoms with Crippen molar-refractivity contribution in [3.05, 3.63) is 17.3 Å². The van der Waals surface area contributed by atoms with Gasteiger partial charge >= 0.3 is 0 Å². The fraction of sp³-hybridized carbons (Fsp3) is 0.692. The van der Waals surface area contributed by atoms with Gasteiger partial charge in [0.2, 0.25) is 5.88 Å². The summed E-state index contributed by atoms with van der Waals surface area (Å²) >= 11 is 0. The molecule has 86 valence electrons. The fourth-order valence-corrected chi connectivity index (χ4v) is 2.38. The van der Waals surface area contributed by atoms with Crippen LogP contribution in [0.5, 0.6) is 5.88 Å². The largest absolute Gasteiger partial charge is 0.473 e. The molecular formula is C13H18N2O. The number of ether oxygens (including phenoxy) is 1. The molecule has 0 aromatic carbocycles. The summed E-state index contributed by atoms with van der Waals surface area (Å²) in [6.07, 6.45) is 7.66. The standard InChI is InChI=1S/C13H18N2O/c1-9(10-6-7-10)16-13-8-11-4-2-3-5-12(11)14-15-13/h8-10H,2-7H2,1H3/t9-/m0/s1. The number of fused-ring (bicyclic) bond motifs is 1. The van der Waals surface area contributed by atoms with Gasteiger partial charge in [0.25, 0.3) is 0 Å². The molecule has 1 atom stereocenters. The summed E-state index contributed by atoms with van der Waals surface area (Å²) in [7, 11) is 0. The predicted molar refractivity (Wildman–Crippen MR) is 61.5 cm³/mol. The minimum Gasteiger partial charge on any atom is -0.473 e. The molecule has 0 aliphatic heterocycles. The molecule has 1 aromatic rings. The SMILES string of the molecule is C[C@H](Oc1cc2c(nn1)CCCC2)C1CC1. The molecule has 0 N–H and O–H groups in total. The molecule has 3 rings (SSSR count). The van der Waals surface area contributed by atoms with E-state index in [1.54, 1.807) is 0 Å². The van der Waals surface area contributed by atoms with E-state index in [4.69, 9.17) is 4.74 Å². The Morgan fingerprint density at radius 1 is 1.25 bits per heavy atom. The predicted octanol–water partition coefficient (Wildman–Crippen LogP) is 2.53. The highest BCUT2D eigenvalue weighted by Gasteiger charge is 2.30.